The zero-order valence-electron chi connectivity index (χ0n) is 18.6. The van der Waals surface area contributed by atoms with Gasteiger partial charge in [-0.2, -0.15) is 8.78 Å². The maximum atomic E-state index is 13.6. The highest BCUT2D eigenvalue weighted by molar-refractivity contribution is 7.86. The van der Waals surface area contributed by atoms with Crippen molar-refractivity contribution in [1.82, 2.24) is 14.5 Å². The molecule has 0 aromatic carbocycles. The first-order chi connectivity index (χ1) is 16.9. The van der Waals surface area contributed by atoms with Crippen molar-refractivity contribution in [1.29, 1.82) is 0 Å². The number of nitrogens with one attached hydrogen (secondary N) is 1. The molecule has 1 fully saturated rings. The average molecular weight is 590 g/mol. The summed E-state index contributed by atoms with van der Waals surface area (Å²) >= 11 is 0. The Labute approximate surface area is 207 Å². The van der Waals surface area contributed by atoms with Crippen LogP contribution in [0, 0.1) is 0 Å². The van der Waals surface area contributed by atoms with E-state index in [1.807, 2.05) is 0 Å². The van der Waals surface area contributed by atoms with Crippen molar-refractivity contribution in [2.75, 3.05) is 18.7 Å². The fourth-order valence-corrected chi connectivity index (χ4v) is 7.65. The van der Waals surface area contributed by atoms with E-state index < -0.39 is 58.7 Å². The van der Waals surface area contributed by atoms with Crippen molar-refractivity contribution in [2.45, 2.75) is 42.8 Å². The highest BCUT2D eigenvalue weighted by Gasteiger charge is 2.66. The fourth-order valence-electron chi connectivity index (χ4n) is 3.83. The molecular weight excluding hydrogens is 570 g/mol. The molecule has 22 heteroatoms. The summed E-state index contributed by atoms with van der Waals surface area (Å²) in [6.45, 7) is 0.451. The van der Waals surface area contributed by atoms with Gasteiger partial charge in [-0.05, 0) is 12.5 Å². The monoisotopic (exact) mass is 590 g/mol. The lowest BCUT2D eigenvalue weighted by Gasteiger charge is -2.28. The molecule has 0 bridgehead atoms. The van der Waals surface area contributed by atoms with E-state index in [-0.39, 0.29) is 12.3 Å². The number of alkyl halides is 2. The molecule has 37 heavy (non-hydrogen) atoms. The molecule has 0 amide bonds. The topological polar surface area (TPSA) is 232 Å². The highest BCUT2D eigenvalue weighted by atomic mass is 31.3. The van der Waals surface area contributed by atoms with Crippen molar-refractivity contribution < 1.29 is 65.8 Å². The summed E-state index contributed by atoms with van der Waals surface area (Å²) in [7, 11) is -13.5. The van der Waals surface area contributed by atoms with E-state index in [0.717, 1.165) is 0 Å². The molecule has 16 nitrogen and oxygen atoms in total. The van der Waals surface area contributed by atoms with Crippen LogP contribution in [0.15, 0.2) is 12.5 Å². The number of aromatic nitrogens is 3. The van der Waals surface area contributed by atoms with Gasteiger partial charge in [-0.15, -0.1) is 0 Å². The standard InChI is InChI=1S/C15H20BF2N4O12P3/c1-14(24)10(23)8(5-32-37(16,30)34-36(28,29)15(17,18)35(25,26)27)33-13(14)22-4-7-2-3-31-21-11-9(7)12(22)20-6-19-11/h4,6,8,10,13,23-24H,2-3,5H2,1H3,(H,28,29)(H,19,20,21)(H2,25,26,27)/t8-,10-,13?,14-,37?/m1/s1. The molecule has 3 unspecified atom stereocenters. The van der Waals surface area contributed by atoms with Crippen LogP contribution in [0.2, 0.25) is 0 Å². The molecule has 0 aliphatic carbocycles. The van der Waals surface area contributed by atoms with Crippen LogP contribution in [-0.4, -0.2) is 83.4 Å². The number of aliphatic hydroxyl groups is 2. The van der Waals surface area contributed by atoms with Gasteiger partial charge >= 0.3 is 20.6 Å². The molecule has 6 atom stereocenters. The minimum absolute atomic E-state index is 0.276. The number of rotatable bonds is 8. The molecule has 2 radical (unpaired) electrons. The van der Waals surface area contributed by atoms with Gasteiger partial charge < -0.3 is 38.7 Å². The second-order valence-electron chi connectivity index (χ2n) is 8.37. The summed E-state index contributed by atoms with van der Waals surface area (Å²) < 4.78 is 77.5. The van der Waals surface area contributed by atoms with Gasteiger partial charge in [0.2, 0.25) is 7.57 Å². The Kier molecular flexibility index (Phi) is 7.29. The predicted molar refractivity (Wildman–Crippen MR) is 119 cm³/mol. The quantitative estimate of drug-likeness (QED) is 0.182. The smallest absolute Gasteiger partial charge is 0.387 e. The molecule has 6 N–H and O–H groups in total. The van der Waals surface area contributed by atoms with Crippen molar-refractivity contribution in [3.05, 3.63) is 18.1 Å². The number of nitrogens with zero attached hydrogens (tertiary/aromatic N) is 3. The summed E-state index contributed by atoms with van der Waals surface area (Å²) in [6.07, 6.45) is -1.43. The van der Waals surface area contributed by atoms with Crippen LogP contribution in [-0.2, 0) is 38.5 Å². The Morgan fingerprint density at radius 1 is 1.32 bits per heavy atom. The van der Waals surface area contributed by atoms with Gasteiger partial charge in [0, 0.05) is 12.6 Å². The molecule has 204 valence electrons. The minimum atomic E-state index is -6.63. The molecule has 0 spiro atoms. The summed E-state index contributed by atoms with van der Waals surface area (Å²) in [5, 5.41) is 16.5. The molecular formula is C15H20BF2N4O12P3. The van der Waals surface area contributed by atoms with Crippen molar-refractivity contribution in [3.63, 3.8) is 0 Å². The van der Waals surface area contributed by atoms with Crippen LogP contribution < -0.4 is 5.48 Å². The molecule has 2 aliphatic heterocycles. The van der Waals surface area contributed by atoms with Gasteiger partial charge in [-0.1, -0.05) is 0 Å². The minimum Gasteiger partial charge on any atom is -0.387 e. The van der Waals surface area contributed by atoms with E-state index in [9.17, 15) is 37.6 Å². The molecule has 0 saturated carbocycles. The van der Waals surface area contributed by atoms with Gasteiger partial charge in [0.05, 0.1) is 18.6 Å². The summed E-state index contributed by atoms with van der Waals surface area (Å²) in [5.74, 6) is 0.344. The Morgan fingerprint density at radius 3 is 2.65 bits per heavy atom. The average Bonchev–Trinajstić information content (AvgIpc) is 3.13. The lowest BCUT2D eigenvalue weighted by Crippen LogP contribution is -2.44. The van der Waals surface area contributed by atoms with E-state index in [2.05, 4.69) is 24.3 Å². The number of halogens is 2. The second kappa shape index (κ2) is 9.40. The van der Waals surface area contributed by atoms with Crippen LogP contribution in [0.5, 0.6) is 0 Å². The summed E-state index contributed by atoms with van der Waals surface area (Å²) in [5.41, 5.74) is 1.62. The molecule has 4 heterocycles. The first-order valence-electron chi connectivity index (χ1n) is 10.2. The molecule has 2 aliphatic rings. The van der Waals surface area contributed by atoms with Crippen LogP contribution in [0.25, 0.3) is 11.0 Å². The number of hydrogen-bond donors (Lipinski definition) is 6. The van der Waals surface area contributed by atoms with Crippen molar-refractivity contribution in [2.24, 2.45) is 0 Å². The van der Waals surface area contributed by atoms with E-state index in [1.165, 1.54) is 17.8 Å². The van der Waals surface area contributed by atoms with E-state index in [1.54, 1.807) is 6.20 Å². The summed E-state index contributed by atoms with van der Waals surface area (Å²) in [6, 6.07) is 0. The zero-order valence-corrected chi connectivity index (χ0v) is 21.3. The highest BCUT2D eigenvalue weighted by Crippen LogP contribution is 2.77. The van der Waals surface area contributed by atoms with Gasteiger partial charge in [-0.25, -0.2) is 19.8 Å². The number of ether oxygens (including phenoxy) is 1. The first-order valence-corrected chi connectivity index (χ1v) is 15.0. The Balaban J connectivity index is 1.55. The fraction of sp³-hybridized carbons (Fsp3) is 0.600. The van der Waals surface area contributed by atoms with Crippen LogP contribution >= 0.6 is 22.7 Å². The molecule has 1 saturated heterocycles. The molecule has 2 aromatic heterocycles. The third-order valence-corrected chi connectivity index (χ3v) is 10.9. The predicted octanol–water partition coefficient (Wildman–Crippen LogP) is 0.563. The lowest BCUT2D eigenvalue weighted by molar-refractivity contribution is -0.0946. The maximum Gasteiger partial charge on any atom is 0.444 e. The number of anilines is 1. The van der Waals surface area contributed by atoms with Gasteiger partial charge in [-0.3, -0.25) is 18.5 Å². The molecule has 2 aromatic rings. The maximum absolute atomic E-state index is 13.6. The van der Waals surface area contributed by atoms with Crippen molar-refractivity contribution >= 4 is 47.1 Å². The third-order valence-electron chi connectivity index (χ3n) is 5.67. The first kappa shape index (κ1) is 28.7. The Morgan fingerprint density at radius 2 is 2.00 bits per heavy atom. The van der Waals surface area contributed by atoms with Crippen LogP contribution in [0.4, 0.5) is 14.6 Å². The Bertz CT molecular complexity index is 1360. The summed E-state index contributed by atoms with van der Waals surface area (Å²) in [4.78, 5) is 40.1. The third kappa shape index (κ3) is 5.04. The Hall–Kier alpha value is -1.33. The SMILES string of the molecule is [B]P(=O)(OC[C@H]1OC(n2cc3c4c(ncnc42)NOCC3)[C@](C)(O)[C@@H]1O)OP(=O)(O)C(F)(F)P(=O)(O)O. The number of hydrogen-bond acceptors (Lipinski definition) is 12. The largest absolute Gasteiger partial charge is 0.444 e. The normalized spacial score (nSPS) is 29.9. The van der Waals surface area contributed by atoms with Gasteiger partial charge in [0.1, 0.15) is 29.8 Å². The molecule has 4 rings (SSSR count). The van der Waals surface area contributed by atoms with Crippen molar-refractivity contribution in [3.8, 4) is 0 Å². The number of aliphatic hydroxyl groups excluding tert-OH is 1. The van der Waals surface area contributed by atoms with Gasteiger partial charge in [0.25, 0.3) is 7.47 Å². The second-order valence-corrected chi connectivity index (χ2v) is 14.0. The van der Waals surface area contributed by atoms with E-state index >= 15 is 0 Å². The lowest BCUT2D eigenvalue weighted by atomic mass is 9.96. The van der Waals surface area contributed by atoms with E-state index in [4.69, 9.17) is 26.9 Å². The van der Waals surface area contributed by atoms with E-state index in [0.29, 0.717) is 23.2 Å². The van der Waals surface area contributed by atoms with Gasteiger partial charge in [0.15, 0.2) is 12.0 Å². The van der Waals surface area contributed by atoms with Crippen LogP contribution in [0.1, 0.15) is 18.7 Å². The van der Waals surface area contributed by atoms with Crippen LogP contribution in [0.3, 0.4) is 0 Å². The zero-order chi connectivity index (χ0) is 27.6.